The van der Waals surface area contributed by atoms with Crippen LogP contribution in [0.5, 0.6) is 11.5 Å². The maximum Gasteiger partial charge on any atom is 0.160 e. The van der Waals surface area contributed by atoms with Gasteiger partial charge in [-0.1, -0.05) is 12.1 Å². The van der Waals surface area contributed by atoms with E-state index < -0.39 is 0 Å². The molecule has 0 bridgehead atoms. The number of hydrogen-bond acceptors (Lipinski definition) is 6. The van der Waals surface area contributed by atoms with Crippen molar-refractivity contribution in [3.63, 3.8) is 0 Å². The highest BCUT2D eigenvalue weighted by Gasteiger charge is 2.17. The number of hydrogen-bond donors (Lipinski definition) is 2. The van der Waals surface area contributed by atoms with E-state index in [1.54, 1.807) is 19.2 Å². The third-order valence-corrected chi connectivity index (χ3v) is 4.56. The first-order chi connectivity index (χ1) is 12.2. The minimum absolute atomic E-state index is 0.168. The Labute approximate surface area is 149 Å². The molecule has 1 saturated heterocycles. The van der Waals surface area contributed by atoms with Crippen LogP contribution in [0.3, 0.4) is 0 Å². The molecule has 1 aromatic carbocycles. The standard InChI is InChI=1S/C19H26N4O2/c1-22-8-10-23(11-9-22)19-16(4-3-7-21-19)14-20-13-15-5-6-18(25-2)17(24)12-15/h3-7,12,20,24H,8-11,13-14H2,1-2H3. The Morgan fingerprint density at radius 1 is 1.16 bits per heavy atom. The zero-order valence-electron chi connectivity index (χ0n) is 14.9. The predicted molar refractivity (Wildman–Crippen MR) is 99.1 cm³/mol. The summed E-state index contributed by atoms with van der Waals surface area (Å²) in [5.74, 6) is 1.73. The highest BCUT2D eigenvalue weighted by atomic mass is 16.5. The number of piperazine rings is 1. The largest absolute Gasteiger partial charge is 0.504 e. The number of pyridine rings is 1. The Bertz CT molecular complexity index is 700. The summed E-state index contributed by atoms with van der Waals surface area (Å²) >= 11 is 0. The van der Waals surface area contributed by atoms with Crippen LogP contribution in [0, 0.1) is 0 Å². The van der Waals surface area contributed by atoms with E-state index in [2.05, 4.69) is 33.2 Å². The zero-order valence-corrected chi connectivity index (χ0v) is 14.9. The maximum atomic E-state index is 9.87. The van der Waals surface area contributed by atoms with Crippen LogP contribution in [-0.2, 0) is 13.1 Å². The molecule has 0 radical (unpaired) electrons. The summed E-state index contributed by atoms with van der Waals surface area (Å²) < 4.78 is 5.08. The average Bonchev–Trinajstić information content (AvgIpc) is 2.63. The molecule has 0 atom stereocenters. The van der Waals surface area contributed by atoms with Crippen molar-refractivity contribution < 1.29 is 9.84 Å². The Kier molecular flexibility index (Phi) is 5.73. The number of benzene rings is 1. The highest BCUT2D eigenvalue weighted by Crippen LogP contribution is 2.26. The van der Waals surface area contributed by atoms with Crippen LogP contribution < -0.4 is 15.0 Å². The average molecular weight is 342 g/mol. The number of aromatic hydroxyl groups is 1. The number of nitrogens with one attached hydrogen (secondary N) is 1. The second-order valence-corrected chi connectivity index (χ2v) is 6.39. The van der Waals surface area contributed by atoms with Crippen molar-refractivity contribution in [2.45, 2.75) is 13.1 Å². The van der Waals surface area contributed by atoms with Gasteiger partial charge in [-0.05, 0) is 30.8 Å². The smallest absolute Gasteiger partial charge is 0.160 e. The van der Waals surface area contributed by atoms with Gasteiger partial charge in [-0.3, -0.25) is 0 Å². The minimum atomic E-state index is 0.168. The molecule has 1 aliphatic rings. The van der Waals surface area contributed by atoms with E-state index in [-0.39, 0.29) is 5.75 Å². The Hall–Kier alpha value is -2.31. The molecule has 2 aromatic rings. The summed E-state index contributed by atoms with van der Waals surface area (Å²) in [4.78, 5) is 9.30. The lowest BCUT2D eigenvalue weighted by atomic mass is 10.2. The zero-order chi connectivity index (χ0) is 17.6. The van der Waals surface area contributed by atoms with Crippen LogP contribution >= 0.6 is 0 Å². The van der Waals surface area contributed by atoms with E-state index in [1.807, 2.05) is 18.3 Å². The first kappa shape index (κ1) is 17.5. The molecule has 25 heavy (non-hydrogen) atoms. The number of likely N-dealkylation sites (N-methyl/N-ethyl adjacent to an activating group) is 1. The molecule has 0 amide bonds. The number of phenols is 1. The second kappa shape index (κ2) is 8.18. The van der Waals surface area contributed by atoms with Crippen molar-refractivity contribution >= 4 is 5.82 Å². The van der Waals surface area contributed by atoms with Crippen LogP contribution in [0.4, 0.5) is 5.82 Å². The van der Waals surface area contributed by atoms with Crippen LogP contribution in [0.1, 0.15) is 11.1 Å². The van der Waals surface area contributed by atoms with Crippen LogP contribution in [0.2, 0.25) is 0 Å². The quantitative estimate of drug-likeness (QED) is 0.835. The molecule has 6 nitrogen and oxygen atoms in total. The first-order valence-corrected chi connectivity index (χ1v) is 8.61. The van der Waals surface area contributed by atoms with Crippen molar-refractivity contribution in [2.75, 3.05) is 45.2 Å². The van der Waals surface area contributed by atoms with Gasteiger partial charge in [0.15, 0.2) is 11.5 Å². The third kappa shape index (κ3) is 4.41. The van der Waals surface area contributed by atoms with Gasteiger partial charge in [0.05, 0.1) is 7.11 Å². The first-order valence-electron chi connectivity index (χ1n) is 8.61. The van der Waals surface area contributed by atoms with Gasteiger partial charge in [-0.15, -0.1) is 0 Å². The molecule has 6 heteroatoms. The Morgan fingerprint density at radius 2 is 1.96 bits per heavy atom. The molecule has 3 rings (SSSR count). The van der Waals surface area contributed by atoms with E-state index in [0.717, 1.165) is 44.1 Å². The topological polar surface area (TPSA) is 60.9 Å². The molecule has 1 aliphatic heterocycles. The minimum Gasteiger partial charge on any atom is -0.504 e. The molecule has 1 aromatic heterocycles. The van der Waals surface area contributed by atoms with E-state index in [4.69, 9.17) is 4.74 Å². The molecule has 2 heterocycles. The van der Waals surface area contributed by atoms with E-state index in [0.29, 0.717) is 12.3 Å². The molecule has 0 unspecified atom stereocenters. The fourth-order valence-corrected chi connectivity index (χ4v) is 3.06. The molecule has 0 spiro atoms. The van der Waals surface area contributed by atoms with Crippen molar-refractivity contribution in [3.05, 3.63) is 47.7 Å². The fourth-order valence-electron chi connectivity index (χ4n) is 3.06. The second-order valence-electron chi connectivity index (χ2n) is 6.39. The lowest BCUT2D eigenvalue weighted by Gasteiger charge is -2.34. The van der Waals surface area contributed by atoms with Crippen LogP contribution in [-0.4, -0.2) is 55.3 Å². The number of phenolic OH excluding ortho intramolecular Hbond substituents is 1. The number of nitrogens with zero attached hydrogens (tertiary/aromatic N) is 3. The molecular weight excluding hydrogens is 316 g/mol. The van der Waals surface area contributed by atoms with Gasteiger partial charge >= 0.3 is 0 Å². The highest BCUT2D eigenvalue weighted by molar-refractivity contribution is 5.47. The summed E-state index contributed by atoms with van der Waals surface area (Å²) in [5, 5.41) is 13.3. The lowest BCUT2D eigenvalue weighted by Crippen LogP contribution is -2.45. The molecule has 1 fully saturated rings. The number of methoxy groups -OCH3 is 1. The van der Waals surface area contributed by atoms with Crippen molar-refractivity contribution in [1.82, 2.24) is 15.2 Å². The predicted octanol–water partition coefficient (Wildman–Crippen LogP) is 1.84. The van der Waals surface area contributed by atoms with Crippen LogP contribution in [0.15, 0.2) is 36.5 Å². The van der Waals surface area contributed by atoms with Gasteiger partial charge in [-0.2, -0.15) is 0 Å². The summed E-state index contributed by atoms with van der Waals surface area (Å²) in [6.45, 7) is 5.56. The van der Waals surface area contributed by atoms with Crippen molar-refractivity contribution in [3.8, 4) is 11.5 Å². The van der Waals surface area contributed by atoms with Gasteiger partial charge in [0.25, 0.3) is 0 Å². The van der Waals surface area contributed by atoms with E-state index in [1.165, 1.54) is 5.56 Å². The van der Waals surface area contributed by atoms with Crippen molar-refractivity contribution in [2.24, 2.45) is 0 Å². The Balaban J connectivity index is 1.61. The van der Waals surface area contributed by atoms with Crippen LogP contribution in [0.25, 0.3) is 0 Å². The summed E-state index contributed by atoms with van der Waals surface area (Å²) in [6, 6.07) is 9.58. The molecule has 0 saturated carbocycles. The fraction of sp³-hybridized carbons (Fsp3) is 0.421. The summed E-state index contributed by atoms with van der Waals surface area (Å²) in [5.41, 5.74) is 2.22. The van der Waals surface area contributed by atoms with E-state index in [9.17, 15) is 5.11 Å². The molecule has 0 aliphatic carbocycles. The van der Waals surface area contributed by atoms with Gasteiger partial charge in [-0.25, -0.2) is 4.98 Å². The summed E-state index contributed by atoms with van der Waals surface area (Å²) in [6.07, 6.45) is 1.86. The van der Waals surface area contributed by atoms with Gasteiger partial charge < -0.3 is 25.0 Å². The van der Waals surface area contributed by atoms with Gasteiger partial charge in [0, 0.05) is 51.0 Å². The normalized spacial score (nSPS) is 15.4. The van der Waals surface area contributed by atoms with Gasteiger partial charge in [0.1, 0.15) is 5.82 Å². The lowest BCUT2D eigenvalue weighted by molar-refractivity contribution is 0.311. The molecule has 134 valence electrons. The van der Waals surface area contributed by atoms with Gasteiger partial charge in [0.2, 0.25) is 0 Å². The molecule has 2 N–H and O–H groups in total. The SMILES string of the molecule is COc1ccc(CNCc2cccnc2N2CCN(C)CC2)cc1O. The number of ether oxygens (including phenoxy) is 1. The number of anilines is 1. The number of rotatable bonds is 6. The monoisotopic (exact) mass is 342 g/mol. The summed E-state index contributed by atoms with van der Waals surface area (Å²) in [7, 11) is 3.71. The maximum absolute atomic E-state index is 9.87. The van der Waals surface area contributed by atoms with Crippen molar-refractivity contribution in [1.29, 1.82) is 0 Å². The third-order valence-electron chi connectivity index (χ3n) is 4.56. The Morgan fingerprint density at radius 3 is 2.68 bits per heavy atom. The molecular formula is C19H26N4O2. The van der Waals surface area contributed by atoms with E-state index >= 15 is 0 Å². The number of aromatic nitrogens is 1.